The van der Waals surface area contributed by atoms with Crippen LogP contribution < -0.4 is 15.0 Å². The topological polar surface area (TPSA) is 76.6 Å². The Kier molecular flexibility index (Phi) is 6.74. The van der Waals surface area contributed by atoms with E-state index in [-0.39, 0.29) is 5.91 Å². The first-order valence-electron chi connectivity index (χ1n) is 10.5. The summed E-state index contributed by atoms with van der Waals surface area (Å²) in [6, 6.07) is 19.2. The lowest BCUT2D eigenvalue weighted by molar-refractivity contribution is -0.115. The molecule has 0 bridgehead atoms. The van der Waals surface area contributed by atoms with Crippen molar-refractivity contribution in [1.82, 2.24) is 10.2 Å². The van der Waals surface area contributed by atoms with E-state index in [9.17, 15) is 4.79 Å². The second-order valence-electron chi connectivity index (χ2n) is 7.26. The lowest BCUT2D eigenvalue weighted by Crippen LogP contribution is -2.36. The number of morpholine rings is 1. The normalized spacial score (nSPS) is 13.6. The highest BCUT2D eigenvalue weighted by atomic mass is 16.5. The molecule has 2 aromatic carbocycles. The zero-order valence-corrected chi connectivity index (χ0v) is 17.6. The summed E-state index contributed by atoms with van der Waals surface area (Å²) in [6.45, 7) is 5.67. The van der Waals surface area contributed by atoms with Gasteiger partial charge in [0.05, 0.1) is 31.9 Å². The smallest absolute Gasteiger partial charge is 0.228 e. The predicted molar refractivity (Wildman–Crippen MR) is 120 cm³/mol. The zero-order valence-electron chi connectivity index (χ0n) is 17.6. The van der Waals surface area contributed by atoms with Crippen molar-refractivity contribution in [3.8, 4) is 17.0 Å². The number of anilines is 2. The van der Waals surface area contributed by atoms with Gasteiger partial charge in [0.1, 0.15) is 5.75 Å². The molecule has 1 aliphatic heterocycles. The van der Waals surface area contributed by atoms with Gasteiger partial charge in [-0.2, -0.15) is 0 Å². The molecule has 7 heteroatoms. The molecule has 1 amide bonds. The number of hydrogen-bond acceptors (Lipinski definition) is 6. The summed E-state index contributed by atoms with van der Waals surface area (Å²) < 4.78 is 10.8. The van der Waals surface area contributed by atoms with Gasteiger partial charge in [-0.3, -0.25) is 4.79 Å². The number of ether oxygens (including phenoxy) is 2. The van der Waals surface area contributed by atoms with E-state index in [0.717, 1.165) is 60.4 Å². The quantitative estimate of drug-likeness (QED) is 0.632. The Morgan fingerprint density at radius 3 is 2.39 bits per heavy atom. The third kappa shape index (κ3) is 5.58. The second kappa shape index (κ2) is 10.0. The highest BCUT2D eigenvalue weighted by Crippen LogP contribution is 2.21. The van der Waals surface area contributed by atoms with Crippen LogP contribution in [0.15, 0.2) is 60.7 Å². The van der Waals surface area contributed by atoms with Crippen molar-refractivity contribution in [3.63, 3.8) is 0 Å². The summed E-state index contributed by atoms with van der Waals surface area (Å²) in [6.07, 6.45) is 0.308. The van der Waals surface area contributed by atoms with E-state index in [0.29, 0.717) is 13.0 Å². The van der Waals surface area contributed by atoms with Gasteiger partial charge in [0.15, 0.2) is 5.82 Å². The minimum atomic E-state index is -0.0634. The number of carbonyl (C=O) groups is 1. The minimum absolute atomic E-state index is 0.0634. The van der Waals surface area contributed by atoms with Gasteiger partial charge in [-0.25, -0.2) is 0 Å². The van der Waals surface area contributed by atoms with Gasteiger partial charge in [0.2, 0.25) is 5.91 Å². The Balaban J connectivity index is 1.33. The van der Waals surface area contributed by atoms with E-state index in [1.54, 1.807) is 0 Å². The van der Waals surface area contributed by atoms with E-state index >= 15 is 0 Å². The Bertz CT molecular complexity index is 983. The van der Waals surface area contributed by atoms with Gasteiger partial charge in [-0.05, 0) is 48.9 Å². The standard InChI is InChI=1S/C24H26N4O3/c1-2-31-21-9-3-18(4-10-21)17-24(29)25-20-7-5-19(6-8-20)22-11-12-23(27-26-22)28-13-15-30-16-14-28/h3-12H,2,13-17H2,1H3,(H,25,29). The minimum Gasteiger partial charge on any atom is -0.494 e. The second-order valence-corrected chi connectivity index (χ2v) is 7.26. The summed E-state index contributed by atoms with van der Waals surface area (Å²) in [5.74, 6) is 1.61. The van der Waals surface area contributed by atoms with Gasteiger partial charge in [0, 0.05) is 24.3 Å². The average molecular weight is 418 g/mol. The number of aromatic nitrogens is 2. The third-order valence-electron chi connectivity index (χ3n) is 5.05. The van der Waals surface area contributed by atoms with Crippen LogP contribution in [0.2, 0.25) is 0 Å². The van der Waals surface area contributed by atoms with Gasteiger partial charge in [-0.1, -0.05) is 24.3 Å². The fourth-order valence-electron chi connectivity index (χ4n) is 3.43. The van der Waals surface area contributed by atoms with Crippen LogP contribution >= 0.6 is 0 Å². The highest BCUT2D eigenvalue weighted by molar-refractivity contribution is 5.92. The molecule has 7 nitrogen and oxygen atoms in total. The van der Waals surface area contributed by atoms with Crippen LogP contribution in [0.5, 0.6) is 5.75 Å². The molecule has 4 rings (SSSR count). The highest BCUT2D eigenvalue weighted by Gasteiger charge is 2.13. The van der Waals surface area contributed by atoms with E-state index in [2.05, 4.69) is 20.4 Å². The molecule has 0 radical (unpaired) electrons. The number of rotatable bonds is 7. The van der Waals surface area contributed by atoms with Gasteiger partial charge in [-0.15, -0.1) is 10.2 Å². The Morgan fingerprint density at radius 1 is 1.00 bits per heavy atom. The lowest BCUT2D eigenvalue weighted by atomic mass is 10.1. The molecule has 160 valence electrons. The van der Waals surface area contributed by atoms with Crippen molar-refractivity contribution in [1.29, 1.82) is 0 Å². The largest absolute Gasteiger partial charge is 0.494 e. The van der Waals surface area contributed by atoms with E-state index in [4.69, 9.17) is 9.47 Å². The van der Waals surface area contributed by atoms with E-state index < -0.39 is 0 Å². The molecule has 0 atom stereocenters. The van der Waals surface area contributed by atoms with E-state index in [1.807, 2.05) is 67.6 Å². The molecule has 3 aromatic rings. The first kappa shape index (κ1) is 20.8. The number of nitrogens with zero attached hydrogens (tertiary/aromatic N) is 3. The monoisotopic (exact) mass is 418 g/mol. The fraction of sp³-hybridized carbons (Fsp3) is 0.292. The maximum absolute atomic E-state index is 12.4. The first-order valence-corrected chi connectivity index (χ1v) is 10.5. The maximum atomic E-state index is 12.4. The zero-order chi connectivity index (χ0) is 21.5. The third-order valence-corrected chi connectivity index (χ3v) is 5.05. The molecule has 1 aromatic heterocycles. The maximum Gasteiger partial charge on any atom is 0.228 e. The van der Waals surface area contributed by atoms with Crippen molar-refractivity contribution in [3.05, 3.63) is 66.2 Å². The van der Waals surface area contributed by atoms with Crippen molar-refractivity contribution >= 4 is 17.4 Å². The Labute approximate surface area is 182 Å². The number of carbonyl (C=O) groups excluding carboxylic acids is 1. The summed E-state index contributed by atoms with van der Waals surface area (Å²) in [5, 5.41) is 11.7. The molecule has 0 spiro atoms. The number of benzene rings is 2. The molecular weight excluding hydrogens is 392 g/mol. The van der Waals surface area contributed by atoms with Crippen LogP contribution in [0.4, 0.5) is 11.5 Å². The van der Waals surface area contributed by atoms with Crippen molar-refractivity contribution in [2.45, 2.75) is 13.3 Å². The SMILES string of the molecule is CCOc1ccc(CC(=O)Nc2ccc(-c3ccc(N4CCOCC4)nn3)cc2)cc1. The molecule has 0 aliphatic carbocycles. The van der Waals surface area contributed by atoms with Crippen molar-refractivity contribution in [2.24, 2.45) is 0 Å². The van der Waals surface area contributed by atoms with Crippen LogP contribution in [0, 0.1) is 0 Å². The summed E-state index contributed by atoms with van der Waals surface area (Å²) >= 11 is 0. The van der Waals surface area contributed by atoms with Crippen LogP contribution in [-0.4, -0.2) is 49.0 Å². The Morgan fingerprint density at radius 2 is 1.74 bits per heavy atom. The Hall–Kier alpha value is -3.45. The fourth-order valence-corrected chi connectivity index (χ4v) is 3.43. The molecule has 0 saturated carbocycles. The van der Waals surface area contributed by atoms with Crippen LogP contribution in [0.25, 0.3) is 11.3 Å². The summed E-state index contributed by atoms with van der Waals surface area (Å²) in [7, 11) is 0. The lowest BCUT2D eigenvalue weighted by Gasteiger charge is -2.27. The summed E-state index contributed by atoms with van der Waals surface area (Å²) in [4.78, 5) is 14.5. The number of nitrogens with one attached hydrogen (secondary N) is 1. The van der Waals surface area contributed by atoms with Crippen LogP contribution in [-0.2, 0) is 16.0 Å². The summed E-state index contributed by atoms with van der Waals surface area (Å²) in [5.41, 5.74) is 3.43. The van der Waals surface area contributed by atoms with Gasteiger partial charge < -0.3 is 19.7 Å². The van der Waals surface area contributed by atoms with Gasteiger partial charge >= 0.3 is 0 Å². The molecule has 31 heavy (non-hydrogen) atoms. The molecule has 1 fully saturated rings. The van der Waals surface area contributed by atoms with Crippen LogP contribution in [0.1, 0.15) is 12.5 Å². The predicted octanol–water partition coefficient (Wildman–Crippen LogP) is 3.56. The first-order chi connectivity index (χ1) is 15.2. The molecule has 1 aliphatic rings. The van der Waals surface area contributed by atoms with Crippen LogP contribution in [0.3, 0.4) is 0 Å². The molecular formula is C24H26N4O3. The van der Waals surface area contributed by atoms with Crippen molar-refractivity contribution < 1.29 is 14.3 Å². The van der Waals surface area contributed by atoms with Crippen molar-refractivity contribution in [2.75, 3.05) is 43.1 Å². The number of amides is 1. The molecule has 1 saturated heterocycles. The van der Waals surface area contributed by atoms with E-state index in [1.165, 1.54) is 0 Å². The molecule has 1 N–H and O–H groups in total. The van der Waals surface area contributed by atoms with Gasteiger partial charge in [0.25, 0.3) is 0 Å². The average Bonchev–Trinajstić information content (AvgIpc) is 2.82. The number of hydrogen-bond donors (Lipinski definition) is 1. The molecule has 0 unspecified atom stereocenters. The molecule has 2 heterocycles.